The van der Waals surface area contributed by atoms with Gasteiger partial charge in [-0.15, -0.1) is 0 Å². The summed E-state index contributed by atoms with van der Waals surface area (Å²) in [6, 6.07) is 4.28. The van der Waals surface area contributed by atoms with E-state index in [1.54, 1.807) is 6.07 Å². The normalized spacial score (nSPS) is 24.3. The molecule has 2 rings (SSSR count). The zero-order chi connectivity index (χ0) is 13.1. The van der Waals surface area contributed by atoms with Gasteiger partial charge in [0.15, 0.2) is 5.76 Å². The maximum absolute atomic E-state index is 12.4. The Morgan fingerprint density at radius 1 is 1.44 bits per heavy atom. The van der Waals surface area contributed by atoms with Crippen LogP contribution in [0, 0.1) is 6.92 Å². The molecule has 2 atom stereocenters. The van der Waals surface area contributed by atoms with Gasteiger partial charge in [0.2, 0.25) is 0 Å². The minimum atomic E-state index is 0.0231. The lowest BCUT2D eigenvalue weighted by molar-refractivity contribution is 0.0542. The molecule has 0 aliphatic carbocycles. The first kappa shape index (κ1) is 13.1. The Morgan fingerprint density at radius 2 is 2.22 bits per heavy atom. The number of nitrogens with zero attached hydrogens (tertiary/aromatic N) is 1. The molecule has 4 heteroatoms. The molecule has 1 aromatic rings. The van der Waals surface area contributed by atoms with E-state index in [0.717, 1.165) is 31.7 Å². The number of aryl methyl sites for hydroxylation is 1. The van der Waals surface area contributed by atoms with Crippen molar-refractivity contribution in [2.24, 2.45) is 0 Å². The van der Waals surface area contributed by atoms with Crippen LogP contribution in [-0.4, -0.2) is 36.0 Å². The number of carbonyl (C=O) groups is 1. The summed E-state index contributed by atoms with van der Waals surface area (Å²) in [5.74, 6) is 1.27. The third-order valence-corrected chi connectivity index (χ3v) is 3.68. The van der Waals surface area contributed by atoms with Crippen LogP contribution in [0.5, 0.6) is 0 Å². The summed E-state index contributed by atoms with van der Waals surface area (Å²) in [6.07, 6.45) is 2.01. The van der Waals surface area contributed by atoms with Gasteiger partial charge in [0, 0.05) is 25.2 Å². The molecule has 0 aromatic carbocycles. The SMILES string of the molecule is CCC1CN(C(=O)c2ccc(C)o2)C(CC)CN1. The highest BCUT2D eigenvalue weighted by molar-refractivity contribution is 5.91. The van der Waals surface area contributed by atoms with E-state index in [4.69, 9.17) is 4.42 Å². The van der Waals surface area contributed by atoms with E-state index in [1.807, 2.05) is 17.9 Å². The molecule has 100 valence electrons. The van der Waals surface area contributed by atoms with Crippen molar-refractivity contribution in [3.63, 3.8) is 0 Å². The molecule has 0 spiro atoms. The van der Waals surface area contributed by atoms with E-state index < -0.39 is 0 Å². The number of hydrogen-bond donors (Lipinski definition) is 1. The van der Waals surface area contributed by atoms with E-state index in [1.165, 1.54) is 0 Å². The summed E-state index contributed by atoms with van der Waals surface area (Å²) in [5, 5.41) is 3.49. The smallest absolute Gasteiger partial charge is 0.289 e. The molecule has 2 unspecified atom stereocenters. The number of furan rings is 1. The zero-order valence-electron chi connectivity index (χ0n) is 11.4. The predicted molar refractivity (Wildman–Crippen MR) is 70.6 cm³/mol. The van der Waals surface area contributed by atoms with Gasteiger partial charge in [0.25, 0.3) is 5.91 Å². The van der Waals surface area contributed by atoms with Gasteiger partial charge in [-0.1, -0.05) is 13.8 Å². The molecule has 1 fully saturated rings. The van der Waals surface area contributed by atoms with Crippen molar-refractivity contribution in [2.75, 3.05) is 13.1 Å². The summed E-state index contributed by atoms with van der Waals surface area (Å²) in [4.78, 5) is 14.4. The van der Waals surface area contributed by atoms with Gasteiger partial charge in [-0.2, -0.15) is 0 Å². The highest BCUT2D eigenvalue weighted by Gasteiger charge is 2.31. The van der Waals surface area contributed by atoms with Crippen molar-refractivity contribution >= 4 is 5.91 Å². The maximum atomic E-state index is 12.4. The van der Waals surface area contributed by atoms with Gasteiger partial charge in [-0.25, -0.2) is 0 Å². The third kappa shape index (κ3) is 2.58. The van der Waals surface area contributed by atoms with Gasteiger partial charge >= 0.3 is 0 Å². The number of amides is 1. The minimum absolute atomic E-state index is 0.0231. The van der Waals surface area contributed by atoms with Crippen LogP contribution >= 0.6 is 0 Å². The van der Waals surface area contributed by atoms with Gasteiger partial charge < -0.3 is 14.6 Å². The van der Waals surface area contributed by atoms with Crippen LogP contribution in [0.4, 0.5) is 0 Å². The molecule has 2 heterocycles. The molecule has 1 saturated heterocycles. The summed E-state index contributed by atoms with van der Waals surface area (Å²) in [5.41, 5.74) is 0. The number of hydrogen-bond acceptors (Lipinski definition) is 3. The number of nitrogens with one attached hydrogen (secondary N) is 1. The van der Waals surface area contributed by atoms with Crippen molar-refractivity contribution in [2.45, 2.75) is 45.7 Å². The topological polar surface area (TPSA) is 45.5 Å². The average Bonchev–Trinajstić information content (AvgIpc) is 2.83. The van der Waals surface area contributed by atoms with Crippen molar-refractivity contribution in [1.29, 1.82) is 0 Å². The number of rotatable bonds is 3. The Hall–Kier alpha value is -1.29. The number of piperazine rings is 1. The molecule has 0 radical (unpaired) electrons. The van der Waals surface area contributed by atoms with Crippen LogP contribution in [0.2, 0.25) is 0 Å². The molecule has 1 aliphatic heterocycles. The van der Waals surface area contributed by atoms with E-state index >= 15 is 0 Å². The molecule has 1 aromatic heterocycles. The second kappa shape index (κ2) is 5.57. The minimum Gasteiger partial charge on any atom is -0.456 e. The Kier molecular flexibility index (Phi) is 4.07. The van der Waals surface area contributed by atoms with Crippen molar-refractivity contribution < 1.29 is 9.21 Å². The molecular weight excluding hydrogens is 228 g/mol. The molecule has 0 bridgehead atoms. The van der Waals surface area contributed by atoms with Crippen LogP contribution in [0.25, 0.3) is 0 Å². The molecule has 1 aliphatic rings. The largest absolute Gasteiger partial charge is 0.456 e. The van der Waals surface area contributed by atoms with Gasteiger partial charge in [0.1, 0.15) is 5.76 Å². The van der Waals surface area contributed by atoms with Crippen LogP contribution in [-0.2, 0) is 0 Å². The highest BCUT2D eigenvalue weighted by Crippen LogP contribution is 2.17. The monoisotopic (exact) mass is 250 g/mol. The van der Waals surface area contributed by atoms with E-state index in [9.17, 15) is 4.79 Å². The van der Waals surface area contributed by atoms with E-state index in [-0.39, 0.29) is 11.9 Å². The summed E-state index contributed by atoms with van der Waals surface area (Å²) < 4.78 is 5.45. The molecule has 1 N–H and O–H groups in total. The highest BCUT2D eigenvalue weighted by atomic mass is 16.3. The van der Waals surface area contributed by atoms with Crippen molar-refractivity contribution in [1.82, 2.24) is 10.2 Å². The van der Waals surface area contributed by atoms with Gasteiger partial charge in [-0.05, 0) is 31.9 Å². The quantitative estimate of drug-likeness (QED) is 0.894. The Bertz CT molecular complexity index is 414. The Morgan fingerprint density at radius 3 is 2.78 bits per heavy atom. The molecular formula is C14H22N2O2. The first-order valence-electron chi connectivity index (χ1n) is 6.76. The van der Waals surface area contributed by atoms with Crippen LogP contribution in [0.15, 0.2) is 16.5 Å². The third-order valence-electron chi connectivity index (χ3n) is 3.68. The average molecular weight is 250 g/mol. The molecule has 1 amide bonds. The second-order valence-electron chi connectivity index (χ2n) is 4.94. The molecule has 0 saturated carbocycles. The van der Waals surface area contributed by atoms with E-state index in [0.29, 0.717) is 11.8 Å². The van der Waals surface area contributed by atoms with Crippen molar-refractivity contribution in [3.8, 4) is 0 Å². The predicted octanol–water partition coefficient (Wildman–Crippen LogP) is 2.19. The van der Waals surface area contributed by atoms with Crippen molar-refractivity contribution in [3.05, 3.63) is 23.7 Å². The fraction of sp³-hybridized carbons (Fsp3) is 0.643. The number of carbonyl (C=O) groups excluding carboxylic acids is 1. The van der Waals surface area contributed by atoms with Crippen LogP contribution < -0.4 is 5.32 Å². The maximum Gasteiger partial charge on any atom is 0.289 e. The Labute approximate surface area is 108 Å². The molecule has 18 heavy (non-hydrogen) atoms. The van der Waals surface area contributed by atoms with Gasteiger partial charge in [0.05, 0.1) is 0 Å². The Balaban J connectivity index is 2.14. The first-order chi connectivity index (χ1) is 8.65. The lowest BCUT2D eigenvalue weighted by atomic mass is 10.0. The van der Waals surface area contributed by atoms with Crippen LogP contribution in [0.1, 0.15) is 43.0 Å². The molecule has 4 nitrogen and oxygen atoms in total. The summed E-state index contributed by atoms with van der Waals surface area (Å²) in [6.45, 7) is 7.77. The standard InChI is InChI=1S/C14H22N2O2/c1-4-11-9-16(12(5-2)8-15-11)14(17)13-7-6-10(3)18-13/h6-7,11-12,15H,4-5,8-9H2,1-3H3. The van der Waals surface area contributed by atoms with E-state index in [2.05, 4.69) is 19.2 Å². The lowest BCUT2D eigenvalue weighted by Crippen LogP contribution is -2.57. The first-order valence-corrected chi connectivity index (χ1v) is 6.76. The van der Waals surface area contributed by atoms with Gasteiger partial charge in [-0.3, -0.25) is 4.79 Å². The lowest BCUT2D eigenvalue weighted by Gasteiger charge is -2.39. The summed E-state index contributed by atoms with van der Waals surface area (Å²) >= 11 is 0. The fourth-order valence-electron chi connectivity index (χ4n) is 2.44. The zero-order valence-corrected chi connectivity index (χ0v) is 11.4. The fourth-order valence-corrected chi connectivity index (χ4v) is 2.44. The second-order valence-corrected chi connectivity index (χ2v) is 4.94. The summed E-state index contributed by atoms with van der Waals surface area (Å²) in [7, 11) is 0. The van der Waals surface area contributed by atoms with Crippen LogP contribution in [0.3, 0.4) is 0 Å².